The Morgan fingerprint density at radius 3 is 2.61 bits per heavy atom. The zero-order valence-electron chi connectivity index (χ0n) is 17.9. The predicted octanol–water partition coefficient (Wildman–Crippen LogP) is 3.97. The standard InChI is InChI=1S/C23H21ClN4O5/c1-14-19(15(2)27(26-14)12-17-5-3-4-6-20(17)24)9-10-22(29)33-13-18-8-7-16(23(25)30)11-21(18)28(31)32/h3-11H,12-13H2,1-2H3,(H2,25,30)/b10-9+. The minimum Gasteiger partial charge on any atom is -0.457 e. The maximum absolute atomic E-state index is 12.2. The largest absolute Gasteiger partial charge is 0.457 e. The van der Waals surface area contributed by atoms with Crippen LogP contribution in [0, 0.1) is 24.0 Å². The molecule has 0 saturated carbocycles. The number of amides is 1. The van der Waals surface area contributed by atoms with Crippen LogP contribution in [0.4, 0.5) is 5.69 Å². The summed E-state index contributed by atoms with van der Waals surface area (Å²) in [6.07, 6.45) is 2.83. The van der Waals surface area contributed by atoms with E-state index in [4.69, 9.17) is 22.1 Å². The molecule has 3 aromatic rings. The van der Waals surface area contributed by atoms with Crippen LogP contribution in [0.15, 0.2) is 48.5 Å². The first-order chi connectivity index (χ1) is 15.7. The second kappa shape index (κ2) is 10.1. The van der Waals surface area contributed by atoms with E-state index in [0.717, 1.165) is 28.6 Å². The van der Waals surface area contributed by atoms with Gasteiger partial charge in [0.15, 0.2) is 0 Å². The minimum atomic E-state index is -0.787. The SMILES string of the molecule is Cc1nn(Cc2ccccc2Cl)c(C)c1/C=C/C(=O)OCc1ccc(C(N)=O)cc1[N+](=O)[O-]. The van der Waals surface area contributed by atoms with Crippen molar-refractivity contribution in [2.45, 2.75) is 27.0 Å². The summed E-state index contributed by atoms with van der Waals surface area (Å²) < 4.78 is 6.94. The molecule has 0 fully saturated rings. The van der Waals surface area contributed by atoms with Gasteiger partial charge in [0.05, 0.1) is 22.7 Å². The highest BCUT2D eigenvalue weighted by Crippen LogP contribution is 2.22. The van der Waals surface area contributed by atoms with Crippen molar-refractivity contribution in [1.29, 1.82) is 0 Å². The summed E-state index contributed by atoms with van der Waals surface area (Å²) in [7, 11) is 0. The van der Waals surface area contributed by atoms with Gasteiger partial charge in [-0.15, -0.1) is 0 Å². The molecule has 0 aliphatic carbocycles. The number of carbonyl (C=O) groups excluding carboxylic acids is 2. The molecule has 10 heteroatoms. The molecule has 2 N–H and O–H groups in total. The van der Waals surface area contributed by atoms with Crippen molar-refractivity contribution in [3.8, 4) is 0 Å². The number of aromatic nitrogens is 2. The Morgan fingerprint density at radius 1 is 1.21 bits per heavy atom. The molecular formula is C23H21ClN4O5. The fraction of sp³-hybridized carbons (Fsp3) is 0.174. The first kappa shape index (κ1) is 23.7. The lowest BCUT2D eigenvalue weighted by atomic mass is 10.1. The normalized spacial score (nSPS) is 11.0. The van der Waals surface area contributed by atoms with Crippen molar-refractivity contribution in [2.75, 3.05) is 0 Å². The molecule has 1 heterocycles. The van der Waals surface area contributed by atoms with Gasteiger partial charge in [0.25, 0.3) is 5.69 Å². The molecule has 9 nitrogen and oxygen atoms in total. The highest BCUT2D eigenvalue weighted by Gasteiger charge is 2.18. The molecular weight excluding hydrogens is 448 g/mol. The first-order valence-electron chi connectivity index (χ1n) is 9.86. The Kier molecular flexibility index (Phi) is 7.24. The number of primary amides is 1. The summed E-state index contributed by atoms with van der Waals surface area (Å²) in [6, 6.07) is 11.2. The Bertz CT molecular complexity index is 1270. The number of ether oxygens (including phenoxy) is 1. The van der Waals surface area contributed by atoms with E-state index in [-0.39, 0.29) is 23.4 Å². The van der Waals surface area contributed by atoms with E-state index in [2.05, 4.69) is 5.10 Å². The van der Waals surface area contributed by atoms with Crippen molar-refractivity contribution >= 4 is 35.2 Å². The molecule has 2 aromatic carbocycles. The van der Waals surface area contributed by atoms with Crippen molar-refractivity contribution in [2.24, 2.45) is 5.73 Å². The van der Waals surface area contributed by atoms with Crippen LogP contribution in [0.25, 0.3) is 6.08 Å². The van der Waals surface area contributed by atoms with E-state index < -0.39 is 16.8 Å². The number of nitrogens with zero attached hydrogens (tertiary/aromatic N) is 3. The van der Waals surface area contributed by atoms with E-state index >= 15 is 0 Å². The van der Waals surface area contributed by atoms with Gasteiger partial charge in [-0.2, -0.15) is 5.10 Å². The number of nitrogens with two attached hydrogens (primary N) is 1. The maximum Gasteiger partial charge on any atom is 0.331 e. The number of hydrogen-bond donors (Lipinski definition) is 1. The fourth-order valence-corrected chi connectivity index (χ4v) is 3.45. The lowest BCUT2D eigenvalue weighted by Gasteiger charge is -2.07. The van der Waals surface area contributed by atoms with Crippen molar-refractivity contribution in [1.82, 2.24) is 9.78 Å². The van der Waals surface area contributed by atoms with E-state index in [1.165, 1.54) is 18.2 Å². The van der Waals surface area contributed by atoms with Gasteiger partial charge < -0.3 is 10.5 Å². The monoisotopic (exact) mass is 468 g/mol. The number of benzene rings is 2. The molecule has 33 heavy (non-hydrogen) atoms. The van der Waals surface area contributed by atoms with Crippen LogP contribution in [0.5, 0.6) is 0 Å². The average Bonchev–Trinajstić information content (AvgIpc) is 3.04. The molecule has 0 bridgehead atoms. The number of nitro benzene ring substituents is 1. The summed E-state index contributed by atoms with van der Waals surface area (Å²) in [6.45, 7) is 3.86. The van der Waals surface area contributed by atoms with Crippen LogP contribution in [0.1, 0.15) is 38.4 Å². The smallest absolute Gasteiger partial charge is 0.331 e. The van der Waals surface area contributed by atoms with Gasteiger partial charge in [-0.25, -0.2) is 4.79 Å². The minimum absolute atomic E-state index is 0.00331. The number of halogens is 1. The molecule has 0 aliphatic heterocycles. The Morgan fingerprint density at radius 2 is 1.94 bits per heavy atom. The van der Waals surface area contributed by atoms with Gasteiger partial charge in [0, 0.05) is 34.0 Å². The summed E-state index contributed by atoms with van der Waals surface area (Å²) in [4.78, 5) is 34.1. The number of carbonyl (C=O) groups is 2. The maximum atomic E-state index is 12.2. The summed E-state index contributed by atoms with van der Waals surface area (Å²) in [5, 5.41) is 16.4. The van der Waals surface area contributed by atoms with E-state index in [1.54, 1.807) is 10.8 Å². The number of aryl methyl sites for hydroxylation is 1. The number of esters is 1. The van der Waals surface area contributed by atoms with E-state index in [0.29, 0.717) is 11.6 Å². The molecule has 0 spiro atoms. The third-order valence-electron chi connectivity index (χ3n) is 5.04. The van der Waals surface area contributed by atoms with Gasteiger partial charge in [-0.1, -0.05) is 29.8 Å². The van der Waals surface area contributed by atoms with Crippen LogP contribution in [-0.4, -0.2) is 26.6 Å². The second-order valence-electron chi connectivity index (χ2n) is 7.24. The van der Waals surface area contributed by atoms with Crippen LogP contribution in [0.3, 0.4) is 0 Å². The van der Waals surface area contributed by atoms with Gasteiger partial charge in [0.1, 0.15) is 6.61 Å². The quantitative estimate of drug-likeness (QED) is 0.230. The van der Waals surface area contributed by atoms with Crippen molar-refractivity contribution in [3.05, 3.63) is 97.3 Å². The molecule has 1 aromatic heterocycles. The van der Waals surface area contributed by atoms with Gasteiger partial charge >= 0.3 is 5.97 Å². The highest BCUT2D eigenvalue weighted by atomic mass is 35.5. The predicted molar refractivity (Wildman–Crippen MR) is 123 cm³/mol. The zero-order valence-corrected chi connectivity index (χ0v) is 18.7. The molecule has 0 radical (unpaired) electrons. The number of nitro groups is 1. The van der Waals surface area contributed by atoms with Crippen LogP contribution in [-0.2, 0) is 22.7 Å². The molecule has 0 saturated heterocycles. The number of rotatable bonds is 8. The van der Waals surface area contributed by atoms with Crippen molar-refractivity contribution in [3.63, 3.8) is 0 Å². The lowest BCUT2D eigenvalue weighted by molar-refractivity contribution is -0.385. The number of hydrogen-bond acceptors (Lipinski definition) is 6. The van der Waals surface area contributed by atoms with E-state index in [1.807, 2.05) is 38.1 Å². The molecule has 3 rings (SSSR count). The van der Waals surface area contributed by atoms with Gasteiger partial charge in [-0.3, -0.25) is 19.6 Å². The summed E-state index contributed by atoms with van der Waals surface area (Å²) in [5.74, 6) is -1.47. The molecule has 170 valence electrons. The summed E-state index contributed by atoms with van der Waals surface area (Å²) in [5.41, 5.74) is 8.19. The highest BCUT2D eigenvalue weighted by molar-refractivity contribution is 6.31. The first-order valence-corrected chi connectivity index (χ1v) is 10.2. The molecule has 1 amide bonds. The molecule has 0 unspecified atom stereocenters. The molecule has 0 atom stereocenters. The van der Waals surface area contributed by atoms with Gasteiger partial charge in [-0.05, 0) is 43.7 Å². The van der Waals surface area contributed by atoms with Crippen molar-refractivity contribution < 1.29 is 19.2 Å². The van der Waals surface area contributed by atoms with Gasteiger partial charge in [0.2, 0.25) is 5.91 Å². The zero-order chi connectivity index (χ0) is 24.1. The second-order valence-corrected chi connectivity index (χ2v) is 7.65. The topological polar surface area (TPSA) is 130 Å². The van der Waals surface area contributed by atoms with Crippen LogP contribution in [0.2, 0.25) is 5.02 Å². The lowest BCUT2D eigenvalue weighted by Crippen LogP contribution is -2.12. The average molecular weight is 469 g/mol. The Balaban J connectivity index is 1.70. The molecule has 0 aliphatic rings. The van der Waals surface area contributed by atoms with Crippen LogP contribution < -0.4 is 5.73 Å². The Labute approximate surface area is 194 Å². The fourth-order valence-electron chi connectivity index (χ4n) is 3.25. The van der Waals surface area contributed by atoms with E-state index in [9.17, 15) is 19.7 Å². The third-order valence-corrected chi connectivity index (χ3v) is 5.41. The Hall–Kier alpha value is -3.98. The summed E-state index contributed by atoms with van der Waals surface area (Å²) >= 11 is 6.23. The van der Waals surface area contributed by atoms with Crippen LogP contribution >= 0.6 is 11.6 Å². The third kappa shape index (κ3) is 5.64.